The summed E-state index contributed by atoms with van der Waals surface area (Å²) in [5, 5.41) is 0. The van der Waals surface area contributed by atoms with Gasteiger partial charge in [0, 0.05) is 32.6 Å². The highest BCUT2D eigenvalue weighted by Crippen LogP contribution is 2.06. The molecule has 0 aliphatic carbocycles. The summed E-state index contributed by atoms with van der Waals surface area (Å²) < 4.78 is 0. The van der Waals surface area contributed by atoms with Crippen LogP contribution in [0.4, 0.5) is 4.79 Å². The molecule has 0 bridgehead atoms. The predicted molar refractivity (Wildman–Crippen MR) is 60.4 cm³/mol. The highest BCUT2D eigenvalue weighted by molar-refractivity contribution is 5.77. The number of urea groups is 1. The summed E-state index contributed by atoms with van der Waals surface area (Å²) in [5.74, 6) is 5.23. The van der Waals surface area contributed by atoms with Gasteiger partial charge in [-0.05, 0) is 6.42 Å². The third kappa shape index (κ3) is 3.37. The summed E-state index contributed by atoms with van der Waals surface area (Å²) >= 11 is 0. The molecule has 0 aromatic rings. The number of piperazine rings is 1. The first kappa shape index (κ1) is 12.8. The Kier molecular flexibility index (Phi) is 5.04. The van der Waals surface area contributed by atoms with Crippen LogP contribution in [0.15, 0.2) is 0 Å². The number of unbranched alkanes of at least 4 members (excludes halogenated alkanes) is 1. The van der Waals surface area contributed by atoms with Crippen molar-refractivity contribution in [3.63, 3.8) is 0 Å². The molecule has 0 unspecified atom stereocenters. The summed E-state index contributed by atoms with van der Waals surface area (Å²) in [6.45, 7) is 4.39. The fourth-order valence-electron chi connectivity index (χ4n) is 1.74. The van der Waals surface area contributed by atoms with E-state index in [1.807, 2.05) is 4.90 Å². The van der Waals surface area contributed by atoms with Gasteiger partial charge in [-0.25, -0.2) is 10.6 Å². The Bertz CT molecular complexity index is 249. The molecular formula is C10H20N4O2. The molecule has 1 aliphatic heterocycles. The van der Waals surface area contributed by atoms with Crippen molar-refractivity contribution in [1.82, 2.24) is 15.2 Å². The minimum atomic E-state index is -0.277. The van der Waals surface area contributed by atoms with Crippen molar-refractivity contribution in [2.45, 2.75) is 26.2 Å². The maximum atomic E-state index is 11.7. The Morgan fingerprint density at radius 2 is 1.75 bits per heavy atom. The SMILES string of the molecule is CCCCC(=O)N1CCN(C(=O)NN)CC1. The average Bonchev–Trinajstić information content (AvgIpc) is 2.35. The van der Waals surface area contributed by atoms with E-state index in [4.69, 9.17) is 5.84 Å². The number of carbonyl (C=O) groups is 2. The zero-order valence-corrected chi connectivity index (χ0v) is 9.74. The van der Waals surface area contributed by atoms with Gasteiger partial charge in [0.15, 0.2) is 0 Å². The van der Waals surface area contributed by atoms with Gasteiger partial charge in [-0.2, -0.15) is 0 Å². The van der Waals surface area contributed by atoms with E-state index in [1.165, 1.54) is 0 Å². The molecule has 0 aromatic carbocycles. The van der Waals surface area contributed by atoms with Gasteiger partial charge >= 0.3 is 6.03 Å². The molecule has 16 heavy (non-hydrogen) atoms. The van der Waals surface area contributed by atoms with Crippen molar-refractivity contribution >= 4 is 11.9 Å². The lowest BCUT2D eigenvalue weighted by molar-refractivity contribution is -0.132. The van der Waals surface area contributed by atoms with E-state index in [-0.39, 0.29) is 11.9 Å². The topological polar surface area (TPSA) is 78.7 Å². The standard InChI is InChI=1S/C10H20N4O2/c1-2-3-4-9(15)13-5-7-14(8-6-13)10(16)12-11/h2-8,11H2,1H3,(H,12,16). The van der Waals surface area contributed by atoms with E-state index in [1.54, 1.807) is 4.90 Å². The Morgan fingerprint density at radius 1 is 1.19 bits per heavy atom. The van der Waals surface area contributed by atoms with Crippen molar-refractivity contribution in [2.75, 3.05) is 26.2 Å². The fraction of sp³-hybridized carbons (Fsp3) is 0.800. The quantitative estimate of drug-likeness (QED) is 0.402. The molecule has 6 nitrogen and oxygen atoms in total. The molecule has 6 heteroatoms. The second-order valence-electron chi connectivity index (χ2n) is 3.92. The minimum Gasteiger partial charge on any atom is -0.339 e. The van der Waals surface area contributed by atoms with Crippen LogP contribution in [0, 0.1) is 0 Å². The number of hydrazine groups is 1. The molecule has 3 amide bonds. The highest BCUT2D eigenvalue weighted by Gasteiger charge is 2.22. The van der Waals surface area contributed by atoms with Gasteiger partial charge in [0.05, 0.1) is 0 Å². The van der Waals surface area contributed by atoms with Gasteiger partial charge in [0.1, 0.15) is 0 Å². The number of nitrogens with one attached hydrogen (secondary N) is 1. The second kappa shape index (κ2) is 6.32. The van der Waals surface area contributed by atoms with E-state index in [9.17, 15) is 9.59 Å². The molecule has 0 spiro atoms. The second-order valence-corrected chi connectivity index (χ2v) is 3.92. The fourth-order valence-corrected chi connectivity index (χ4v) is 1.74. The van der Waals surface area contributed by atoms with Crippen LogP contribution in [0.3, 0.4) is 0 Å². The molecule has 1 saturated heterocycles. The number of hydrogen-bond acceptors (Lipinski definition) is 3. The zero-order chi connectivity index (χ0) is 12.0. The summed E-state index contributed by atoms with van der Waals surface area (Å²) in [6.07, 6.45) is 2.57. The summed E-state index contributed by atoms with van der Waals surface area (Å²) in [5.41, 5.74) is 2.10. The lowest BCUT2D eigenvalue weighted by atomic mass is 10.2. The molecule has 0 aromatic heterocycles. The van der Waals surface area contributed by atoms with Crippen LogP contribution in [0.25, 0.3) is 0 Å². The zero-order valence-electron chi connectivity index (χ0n) is 9.74. The van der Waals surface area contributed by atoms with Crippen LogP contribution in [-0.4, -0.2) is 47.9 Å². The van der Waals surface area contributed by atoms with Crippen LogP contribution >= 0.6 is 0 Å². The number of carbonyl (C=O) groups excluding carboxylic acids is 2. The number of rotatable bonds is 3. The summed E-state index contributed by atoms with van der Waals surface area (Å²) in [7, 11) is 0. The number of nitrogens with zero attached hydrogens (tertiary/aromatic N) is 2. The van der Waals surface area contributed by atoms with Crippen molar-refractivity contribution < 1.29 is 9.59 Å². The van der Waals surface area contributed by atoms with Crippen molar-refractivity contribution in [2.24, 2.45) is 5.84 Å². The Labute approximate surface area is 95.7 Å². The molecule has 1 rings (SSSR count). The normalized spacial score (nSPS) is 16.1. The van der Waals surface area contributed by atoms with Crippen molar-refractivity contribution in [1.29, 1.82) is 0 Å². The largest absolute Gasteiger partial charge is 0.339 e. The van der Waals surface area contributed by atoms with E-state index in [0.29, 0.717) is 32.6 Å². The maximum Gasteiger partial charge on any atom is 0.331 e. The monoisotopic (exact) mass is 228 g/mol. The van der Waals surface area contributed by atoms with Gasteiger partial charge in [0.2, 0.25) is 5.91 Å². The van der Waals surface area contributed by atoms with E-state index in [2.05, 4.69) is 12.3 Å². The number of amides is 3. The van der Waals surface area contributed by atoms with E-state index in [0.717, 1.165) is 12.8 Å². The lowest BCUT2D eigenvalue weighted by Gasteiger charge is -2.34. The van der Waals surface area contributed by atoms with Gasteiger partial charge in [-0.15, -0.1) is 0 Å². The third-order valence-electron chi connectivity index (χ3n) is 2.79. The Morgan fingerprint density at radius 3 is 2.25 bits per heavy atom. The molecule has 0 saturated carbocycles. The average molecular weight is 228 g/mol. The molecule has 92 valence electrons. The van der Waals surface area contributed by atoms with Crippen LogP contribution in [0.2, 0.25) is 0 Å². The van der Waals surface area contributed by atoms with Crippen LogP contribution in [-0.2, 0) is 4.79 Å². The molecule has 1 fully saturated rings. The molecule has 1 aliphatic rings. The first-order chi connectivity index (χ1) is 7.69. The van der Waals surface area contributed by atoms with Gasteiger partial charge in [-0.1, -0.05) is 13.3 Å². The minimum absolute atomic E-state index is 0.189. The molecule has 0 atom stereocenters. The van der Waals surface area contributed by atoms with Crippen LogP contribution in [0.1, 0.15) is 26.2 Å². The van der Waals surface area contributed by atoms with Crippen molar-refractivity contribution in [3.05, 3.63) is 0 Å². The van der Waals surface area contributed by atoms with Crippen molar-refractivity contribution in [3.8, 4) is 0 Å². The molecule has 0 radical (unpaired) electrons. The van der Waals surface area contributed by atoms with Crippen LogP contribution in [0.5, 0.6) is 0 Å². The molecular weight excluding hydrogens is 208 g/mol. The third-order valence-corrected chi connectivity index (χ3v) is 2.79. The first-order valence-electron chi connectivity index (χ1n) is 5.72. The summed E-state index contributed by atoms with van der Waals surface area (Å²) in [6, 6.07) is -0.277. The first-order valence-corrected chi connectivity index (χ1v) is 5.72. The maximum absolute atomic E-state index is 11.7. The van der Waals surface area contributed by atoms with Gasteiger partial charge in [0.25, 0.3) is 0 Å². The Hall–Kier alpha value is -1.30. The predicted octanol–water partition coefficient (Wildman–Crippen LogP) is -0.0959. The molecule has 3 N–H and O–H groups in total. The number of hydrogen-bond donors (Lipinski definition) is 2. The van der Waals surface area contributed by atoms with Crippen LogP contribution < -0.4 is 11.3 Å². The number of nitrogens with two attached hydrogens (primary N) is 1. The smallest absolute Gasteiger partial charge is 0.331 e. The van der Waals surface area contributed by atoms with E-state index >= 15 is 0 Å². The lowest BCUT2D eigenvalue weighted by Crippen LogP contribution is -2.54. The van der Waals surface area contributed by atoms with Gasteiger partial charge in [-0.3, -0.25) is 10.2 Å². The van der Waals surface area contributed by atoms with Gasteiger partial charge < -0.3 is 9.80 Å². The summed E-state index contributed by atoms with van der Waals surface area (Å²) in [4.78, 5) is 26.3. The van der Waals surface area contributed by atoms with E-state index < -0.39 is 0 Å². The Balaban J connectivity index is 2.31. The highest BCUT2D eigenvalue weighted by atomic mass is 16.2. The molecule has 1 heterocycles.